The van der Waals surface area contributed by atoms with Crippen LogP contribution < -0.4 is 5.56 Å². The third kappa shape index (κ3) is 2.88. The summed E-state index contributed by atoms with van der Waals surface area (Å²) >= 11 is 5.70. The number of nitrogens with zero attached hydrogens (tertiary/aromatic N) is 1. The lowest BCUT2D eigenvalue weighted by Gasteiger charge is -2.15. The molecule has 1 aliphatic rings. The van der Waals surface area contributed by atoms with Gasteiger partial charge < -0.3 is 9.88 Å². The Bertz CT molecular complexity index is 458. The van der Waals surface area contributed by atoms with Gasteiger partial charge in [0.05, 0.1) is 0 Å². The van der Waals surface area contributed by atoms with E-state index in [-0.39, 0.29) is 11.5 Å². The van der Waals surface area contributed by atoms with E-state index in [1.165, 1.54) is 6.07 Å². The summed E-state index contributed by atoms with van der Waals surface area (Å²) in [5.41, 5.74) is 0.122. The summed E-state index contributed by atoms with van der Waals surface area (Å²) in [6, 6.07) is 4.63. The Morgan fingerprint density at radius 2 is 2.35 bits per heavy atom. The number of H-pyrrole nitrogens is 1. The second-order valence-electron chi connectivity index (χ2n) is 4.31. The van der Waals surface area contributed by atoms with Crippen LogP contribution in [0.4, 0.5) is 0 Å². The van der Waals surface area contributed by atoms with Crippen LogP contribution in [0.15, 0.2) is 23.0 Å². The number of likely N-dealkylation sites (tertiary alicyclic amines) is 1. The highest BCUT2D eigenvalue weighted by atomic mass is 35.5. The summed E-state index contributed by atoms with van der Waals surface area (Å²) in [4.78, 5) is 27.5. The van der Waals surface area contributed by atoms with Crippen LogP contribution in [0.1, 0.15) is 23.3 Å². The Kier molecular flexibility index (Phi) is 3.84. The minimum atomic E-state index is -0.243. The fourth-order valence-corrected chi connectivity index (χ4v) is 2.46. The van der Waals surface area contributed by atoms with Crippen molar-refractivity contribution in [2.45, 2.75) is 12.8 Å². The Labute approximate surface area is 105 Å². The van der Waals surface area contributed by atoms with Crippen LogP contribution in [0.3, 0.4) is 0 Å². The molecule has 0 bridgehead atoms. The normalized spacial score (nSPS) is 19.6. The van der Waals surface area contributed by atoms with Gasteiger partial charge in [0.25, 0.3) is 5.91 Å². The molecule has 1 amide bonds. The van der Waals surface area contributed by atoms with Crippen molar-refractivity contribution in [1.29, 1.82) is 0 Å². The first kappa shape index (κ1) is 12.2. The van der Waals surface area contributed by atoms with Crippen LogP contribution in [-0.4, -0.2) is 34.8 Å². The molecule has 1 aromatic rings. The number of carbonyl (C=O) groups is 1. The zero-order valence-corrected chi connectivity index (χ0v) is 10.2. The third-order valence-electron chi connectivity index (χ3n) is 3.09. The lowest BCUT2D eigenvalue weighted by molar-refractivity contribution is 0.0781. The van der Waals surface area contributed by atoms with Crippen LogP contribution in [0.5, 0.6) is 0 Å². The molecule has 1 N–H and O–H groups in total. The van der Waals surface area contributed by atoms with E-state index in [0.717, 1.165) is 25.9 Å². The fraction of sp³-hybridized carbons (Fsp3) is 0.500. The summed E-state index contributed by atoms with van der Waals surface area (Å²) in [7, 11) is 0. The first-order chi connectivity index (χ1) is 8.20. The van der Waals surface area contributed by atoms with Crippen molar-refractivity contribution < 1.29 is 4.79 Å². The Morgan fingerprint density at radius 3 is 3.06 bits per heavy atom. The van der Waals surface area contributed by atoms with Gasteiger partial charge in [-0.2, -0.15) is 0 Å². The molecule has 2 heterocycles. The number of alkyl halides is 1. The van der Waals surface area contributed by atoms with Crippen molar-refractivity contribution in [1.82, 2.24) is 9.88 Å². The van der Waals surface area contributed by atoms with Gasteiger partial charge >= 0.3 is 0 Å². The Balaban J connectivity index is 2.04. The fourth-order valence-electron chi connectivity index (χ4n) is 2.15. The maximum absolute atomic E-state index is 12.1. The number of rotatable bonds is 3. The average molecular weight is 255 g/mol. The number of hydrogen-bond acceptors (Lipinski definition) is 2. The van der Waals surface area contributed by atoms with Crippen LogP contribution in [-0.2, 0) is 0 Å². The summed E-state index contributed by atoms with van der Waals surface area (Å²) in [5, 5.41) is 0. The highest BCUT2D eigenvalue weighted by molar-refractivity contribution is 6.17. The summed E-state index contributed by atoms with van der Waals surface area (Å²) < 4.78 is 0. The second kappa shape index (κ2) is 5.36. The van der Waals surface area contributed by atoms with Crippen LogP contribution >= 0.6 is 11.6 Å². The van der Waals surface area contributed by atoms with E-state index < -0.39 is 0 Å². The number of aromatic amines is 1. The molecule has 2 rings (SSSR count). The zero-order valence-electron chi connectivity index (χ0n) is 9.49. The van der Waals surface area contributed by atoms with Gasteiger partial charge in [-0.25, -0.2) is 0 Å². The van der Waals surface area contributed by atoms with Crippen molar-refractivity contribution in [3.05, 3.63) is 34.2 Å². The quantitative estimate of drug-likeness (QED) is 0.831. The number of hydrogen-bond donors (Lipinski definition) is 1. The highest BCUT2D eigenvalue weighted by Gasteiger charge is 2.26. The van der Waals surface area contributed by atoms with E-state index in [1.807, 2.05) is 0 Å². The van der Waals surface area contributed by atoms with Gasteiger partial charge in [-0.15, -0.1) is 11.6 Å². The SMILES string of the molecule is O=C(c1cccc(=O)[nH]1)N1CCC(CCCl)C1. The van der Waals surface area contributed by atoms with Gasteiger partial charge in [-0.1, -0.05) is 6.07 Å². The monoisotopic (exact) mass is 254 g/mol. The van der Waals surface area contributed by atoms with Crippen LogP contribution in [0.2, 0.25) is 0 Å². The summed E-state index contributed by atoms with van der Waals surface area (Å²) in [6.45, 7) is 1.49. The maximum atomic E-state index is 12.1. The molecule has 0 spiro atoms. The topological polar surface area (TPSA) is 53.2 Å². The van der Waals surface area contributed by atoms with Gasteiger partial charge in [0.2, 0.25) is 5.56 Å². The van der Waals surface area contributed by atoms with Crippen molar-refractivity contribution in [3.8, 4) is 0 Å². The first-order valence-corrected chi connectivity index (χ1v) is 6.28. The molecular weight excluding hydrogens is 240 g/mol. The van der Waals surface area contributed by atoms with Crippen molar-refractivity contribution in [2.75, 3.05) is 19.0 Å². The highest BCUT2D eigenvalue weighted by Crippen LogP contribution is 2.21. The molecule has 4 nitrogen and oxygen atoms in total. The van der Waals surface area contributed by atoms with E-state index in [9.17, 15) is 9.59 Å². The molecule has 5 heteroatoms. The molecular formula is C12H15ClN2O2. The number of aromatic nitrogens is 1. The van der Waals surface area contributed by atoms with E-state index in [1.54, 1.807) is 17.0 Å². The largest absolute Gasteiger partial charge is 0.337 e. The molecule has 1 aliphatic heterocycles. The smallest absolute Gasteiger partial charge is 0.270 e. The number of carbonyl (C=O) groups excluding carboxylic acids is 1. The number of pyridine rings is 1. The maximum Gasteiger partial charge on any atom is 0.270 e. The average Bonchev–Trinajstić information content (AvgIpc) is 2.77. The summed E-state index contributed by atoms with van der Waals surface area (Å²) in [6.07, 6.45) is 1.94. The minimum absolute atomic E-state index is 0.0974. The molecule has 1 saturated heterocycles. The Morgan fingerprint density at radius 1 is 1.53 bits per heavy atom. The Hall–Kier alpha value is -1.29. The number of amides is 1. The van der Waals surface area contributed by atoms with Crippen molar-refractivity contribution in [2.24, 2.45) is 5.92 Å². The van der Waals surface area contributed by atoms with E-state index in [2.05, 4.69) is 4.98 Å². The van der Waals surface area contributed by atoms with E-state index in [0.29, 0.717) is 17.5 Å². The van der Waals surface area contributed by atoms with Gasteiger partial charge in [0.15, 0.2) is 0 Å². The van der Waals surface area contributed by atoms with Crippen molar-refractivity contribution in [3.63, 3.8) is 0 Å². The molecule has 1 unspecified atom stereocenters. The van der Waals surface area contributed by atoms with Gasteiger partial charge in [0, 0.05) is 25.0 Å². The van der Waals surface area contributed by atoms with Crippen molar-refractivity contribution >= 4 is 17.5 Å². The standard InChI is InChI=1S/C12H15ClN2O2/c13-6-4-9-5-7-15(8-9)12(17)10-2-1-3-11(16)14-10/h1-3,9H,4-8H2,(H,14,16). The van der Waals surface area contributed by atoms with Gasteiger partial charge in [-0.3, -0.25) is 9.59 Å². The number of halogens is 1. The molecule has 17 heavy (non-hydrogen) atoms. The molecule has 1 fully saturated rings. The lowest BCUT2D eigenvalue weighted by Crippen LogP contribution is -2.30. The summed E-state index contributed by atoms with van der Waals surface area (Å²) in [5.74, 6) is 1.03. The molecule has 0 radical (unpaired) electrons. The molecule has 92 valence electrons. The predicted octanol–water partition coefficient (Wildman–Crippen LogP) is 1.47. The van der Waals surface area contributed by atoms with E-state index >= 15 is 0 Å². The minimum Gasteiger partial charge on any atom is -0.337 e. The lowest BCUT2D eigenvalue weighted by atomic mass is 10.1. The van der Waals surface area contributed by atoms with Crippen LogP contribution in [0, 0.1) is 5.92 Å². The molecule has 0 aliphatic carbocycles. The predicted molar refractivity (Wildman–Crippen MR) is 66.4 cm³/mol. The van der Waals surface area contributed by atoms with Gasteiger partial charge in [0.1, 0.15) is 5.69 Å². The molecule has 0 aromatic carbocycles. The second-order valence-corrected chi connectivity index (χ2v) is 4.69. The van der Waals surface area contributed by atoms with Gasteiger partial charge in [-0.05, 0) is 24.8 Å². The molecule has 1 atom stereocenters. The third-order valence-corrected chi connectivity index (χ3v) is 3.31. The molecule has 0 saturated carbocycles. The first-order valence-electron chi connectivity index (χ1n) is 5.75. The van der Waals surface area contributed by atoms with Crippen LogP contribution in [0.25, 0.3) is 0 Å². The van der Waals surface area contributed by atoms with E-state index in [4.69, 9.17) is 11.6 Å². The zero-order chi connectivity index (χ0) is 12.3. The number of nitrogens with one attached hydrogen (secondary N) is 1. The molecule has 1 aromatic heterocycles.